The van der Waals surface area contributed by atoms with Crippen LogP contribution < -0.4 is 0 Å². The highest BCUT2D eigenvalue weighted by Crippen LogP contribution is 2.19. The van der Waals surface area contributed by atoms with Crippen molar-refractivity contribution in [2.24, 2.45) is 0 Å². The zero-order valence-corrected chi connectivity index (χ0v) is 18.5. The summed E-state index contributed by atoms with van der Waals surface area (Å²) < 4.78 is 5.46. The van der Waals surface area contributed by atoms with E-state index in [4.69, 9.17) is 4.74 Å². The Kier molecular flexibility index (Phi) is 12.2. The summed E-state index contributed by atoms with van der Waals surface area (Å²) in [5, 5.41) is 2.32. The van der Waals surface area contributed by atoms with Gasteiger partial charge in [0.05, 0.1) is 13.0 Å². The first-order chi connectivity index (χ1) is 14.3. The molecule has 0 radical (unpaired) electrons. The number of unbranched alkanes of at least 4 members (excludes halogenated alkanes) is 12. The van der Waals surface area contributed by atoms with Crippen molar-refractivity contribution >= 4 is 16.7 Å². The molecule has 29 heavy (non-hydrogen) atoms. The predicted molar refractivity (Wildman–Crippen MR) is 124 cm³/mol. The lowest BCUT2D eigenvalue weighted by Crippen LogP contribution is -2.09. The summed E-state index contributed by atoms with van der Waals surface area (Å²) >= 11 is 0. The molecule has 0 atom stereocenters. The van der Waals surface area contributed by atoms with Crippen LogP contribution in [0.1, 0.15) is 96.0 Å². The van der Waals surface area contributed by atoms with Crippen molar-refractivity contribution in [1.29, 1.82) is 0 Å². The average molecular weight is 397 g/mol. The maximum Gasteiger partial charge on any atom is 0.310 e. The van der Waals surface area contributed by atoms with Crippen LogP contribution in [0.4, 0.5) is 0 Å². The Labute approximate surface area is 178 Å². The Bertz CT molecular complexity index is 687. The first kappa shape index (κ1) is 23.4. The maximum atomic E-state index is 12.2. The van der Waals surface area contributed by atoms with Gasteiger partial charge in [-0.2, -0.15) is 0 Å². The minimum absolute atomic E-state index is 0.111. The van der Waals surface area contributed by atoms with Crippen LogP contribution in [0.15, 0.2) is 42.5 Å². The Morgan fingerprint density at radius 1 is 0.690 bits per heavy atom. The molecule has 0 aliphatic rings. The van der Waals surface area contributed by atoms with E-state index < -0.39 is 0 Å². The minimum Gasteiger partial charge on any atom is -0.465 e. The summed E-state index contributed by atoms with van der Waals surface area (Å²) in [7, 11) is 0. The molecular weight excluding hydrogens is 356 g/mol. The molecule has 0 fully saturated rings. The number of ether oxygens (including phenoxy) is 1. The van der Waals surface area contributed by atoms with Gasteiger partial charge in [0.2, 0.25) is 0 Å². The third kappa shape index (κ3) is 9.96. The molecule has 0 aromatic heterocycles. The second-order valence-corrected chi connectivity index (χ2v) is 8.28. The summed E-state index contributed by atoms with van der Waals surface area (Å²) in [5.41, 5.74) is 1.05. The van der Waals surface area contributed by atoms with E-state index in [1.165, 1.54) is 82.4 Å². The summed E-state index contributed by atoms with van der Waals surface area (Å²) in [6.07, 6.45) is 17.6. The molecule has 2 aromatic carbocycles. The summed E-state index contributed by atoms with van der Waals surface area (Å²) in [6.45, 7) is 2.83. The van der Waals surface area contributed by atoms with Crippen LogP contribution in [0.25, 0.3) is 10.8 Å². The van der Waals surface area contributed by atoms with Crippen molar-refractivity contribution in [2.45, 2.75) is 96.8 Å². The van der Waals surface area contributed by atoms with Gasteiger partial charge in [0, 0.05) is 0 Å². The molecule has 2 rings (SSSR count). The van der Waals surface area contributed by atoms with E-state index in [0.717, 1.165) is 17.4 Å². The van der Waals surface area contributed by atoms with Crippen LogP contribution in [0.5, 0.6) is 0 Å². The van der Waals surface area contributed by atoms with Gasteiger partial charge >= 0.3 is 5.97 Å². The topological polar surface area (TPSA) is 26.3 Å². The van der Waals surface area contributed by atoms with Crippen molar-refractivity contribution in [1.82, 2.24) is 0 Å². The monoisotopic (exact) mass is 396 g/mol. The van der Waals surface area contributed by atoms with Crippen molar-refractivity contribution in [2.75, 3.05) is 6.61 Å². The first-order valence-corrected chi connectivity index (χ1v) is 11.9. The number of rotatable bonds is 16. The van der Waals surface area contributed by atoms with Crippen molar-refractivity contribution in [3.8, 4) is 0 Å². The lowest BCUT2D eigenvalue weighted by Gasteiger charge is -2.08. The van der Waals surface area contributed by atoms with Gasteiger partial charge in [-0.05, 0) is 22.8 Å². The van der Waals surface area contributed by atoms with Crippen LogP contribution >= 0.6 is 0 Å². The van der Waals surface area contributed by atoms with Crippen molar-refractivity contribution in [3.63, 3.8) is 0 Å². The molecule has 0 aliphatic heterocycles. The standard InChI is InChI=1S/C27H40O2/c1-2-3-4-5-6-7-8-9-10-11-12-13-16-22-29-27(28)23-25-20-17-19-24-18-14-15-21-26(24)25/h14-15,17-21H,2-13,16,22-23H2,1H3. The molecular formula is C27H40O2. The number of benzene rings is 2. The largest absolute Gasteiger partial charge is 0.465 e. The Balaban J connectivity index is 1.44. The SMILES string of the molecule is CCCCCCCCCCCCCCCOC(=O)Cc1cccc2ccccc12. The zero-order valence-electron chi connectivity index (χ0n) is 18.5. The molecule has 160 valence electrons. The summed E-state index contributed by atoms with van der Waals surface area (Å²) in [4.78, 5) is 12.2. The average Bonchev–Trinajstić information content (AvgIpc) is 2.74. The van der Waals surface area contributed by atoms with Gasteiger partial charge < -0.3 is 4.74 Å². The lowest BCUT2D eigenvalue weighted by atomic mass is 10.0. The fourth-order valence-corrected chi connectivity index (χ4v) is 3.96. The fraction of sp³-hybridized carbons (Fsp3) is 0.593. The number of fused-ring (bicyclic) bond motifs is 1. The molecule has 0 saturated heterocycles. The molecule has 0 unspecified atom stereocenters. The molecule has 2 aromatic rings. The minimum atomic E-state index is -0.111. The fourth-order valence-electron chi connectivity index (χ4n) is 3.96. The molecule has 0 aliphatic carbocycles. The van der Waals surface area contributed by atoms with Crippen molar-refractivity contribution in [3.05, 3.63) is 48.0 Å². The predicted octanol–water partition coefficient (Wildman–Crippen LogP) is 8.02. The van der Waals surface area contributed by atoms with Gasteiger partial charge in [-0.15, -0.1) is 0 Å². The van der Waals surface area contributed by atoms with E-state index in [1.807, 2.05) is 24.3 Å². The number of carbonyl (C=O) groups excluding carboxylic acids is 1. The van der Waals surface area contributed by atoms with Gasteiger partial charge in [0.1, 0.15) is 0 Å². The third-order valence-electron chi connectivity index (χ3n) is 5.73. The van der Waals surface area contributed by atoms with Crippen LogP contribution in [-0.2, 0) is 16.0 Å². The Hall–Kier alpha value is -1.83. The number of hydrogen-bond acceptors (Lipinski definition) is 2. The maximum absolute atomic E-state index is 12.2. The number of hydrogen-bond donors (Lipinski definition) is 0. The third-order valence-corrected chi connectivity index (χ3v) is 5.73. The molecule has 0 bridgehead atoms. The summed E-state index contributed by atoms with van der Waals surface area (Å²) in [6, 6.07) is 14.3. The molecule has 0 saturated carbocycles. The van der Waals surface area contributed by atoms with E-state index >= 15 is 0 Å². The van der Waals surface area contributed by atoms with Gasteiger partial charge in [-0.1, -0.05) is 126 Å². The Morgan fingerprint density at radius 3 is 1.90 bits per heavy atom. The first-order valence-electron chi connectivity index (χ1n) is 11.9. The summed E-state index contributed by atoms with van der Waals surface area (Å²) in [5.74, 6) is -0.111. The Morgan fingerprint density at radius 2 is 1.24 bits per heavy atom. The van der Waals surface area contributed by atoms with E-state index in [1.54, 1.807) is 0 Å². The van der Waals surface area contributed by atoms with E-state index in [-0.39, 0.29) is 5.97 Å². The normalized spacial score (nSPS) is 11.1. The number of esters is 1. The van der Waals surface area contributed by atoms with Crippen LogP contribution in [0.2, 0.25) is 0 Å². The van der Waals surface area contributed by atoms with Gasteiger partial charge in [0.15, 0.2) is 0 Å². The second kappa shape index (κ2) is 15.1. The second-order valence-electron chi connectivity index (χ2n) is 8.28. The quantitative estimate of drug-likeness (QED) is 0.212. The zero-order chi connectivity index (χ0) is 20.6. The van der Waals surface area contributed by atoms with Crippen molar-refractivity contribution < 1.29 is 9.53 Å². The smallest absolute Gasteiger partial charge is 0.310 e. The van der Waals surface area contributed by atoms with E-state index in [9.17, 15) is 4.79 Å². The molecule has 2 heteroatoms. The van der Waals surface area contributed by atoms with Gasteiger partial charge in [-0.25, -0.2) is 0 Å². The van der Waals surface area contributed by atoms with E-state index in [2.05, 4.69) is 25.1 Å². The highest BCUT2D eigenvalue weighted by molar-refractivity contribution is 5.88. The molecule has 0 heterocycles. The molecule has 2 nitrogen and oxygen atoms in total. The molecule has 0 amide bonds. The number of carbonyl (C=O) groups is 1. The van der Waals surface area contributed by atoms with Crippen LogP contribution in [0, 0.1) is 0 Å². The van der Waals surface area contributed by atoms with E-state index in [0.29, 0.717) is 13.0 Å². The van der Waals surface area contributed by atoms with Gasteiger partial charge in [0.25, 0.3) is 0 Å². The van der Waals surface area contributed by atoms with Gasteiger partial charge in [-0.3, -0.25) is 4.79 Å². The van der Waals surface area contributed by atoms with Crippen LogP contribution in [0.3, 0.4) is 0 Å². The van der Waals surface area contributed by atoms with Crippen LogP contribution in [-0.4, -0.2) is 12.6 Å². The molecule has 0 N–H and O–H groups in total. The highest BCUT2D eigenvalue weighted by atomic mass is 16.5. The molecule has 0 spiro atoms. The lowest BCUT2D eigenvalue weighted by molar-refractivity contribution is -0.142. The highest BCUT2D eigenvalue weighted by Gasteiger charge is 2.07.